The summed E-state index contributed by atoms with van der Waals surface area (Å²) in [6, 6.07) is 9.50. The SMILES string of the molecule is O=C(NCC1CCCN(C(=O)C2NNC3CCNCC32)C1)c1ccccc1. The topological polar surface area (TPSA) is 85.5 Å². The molecule has 0 saturated carbocycles. The van der Waals surface area contributed by atoms with Gasteiger partial charge < -0.3 is 15.5 Å². The second-order valence-corrected chi connectivity index (χ2v) is 7.90. The van der Waals surface area contributed by atoms with Crippen molar-refractivity contribution in [2.75, 3.05) is 32.7 Å². The molecule has 0 aromatic heterocycles. The zero-order valence-corrected chi connectivity index (χ0v) is 15.6. The normalized spacial score (nSPS) is 30.6. The number of hydrazine groups is 1. The number of benzene rings is 1. The van der Waals surface area contributed by atoms with Crippen LogP contribution >= 0.6 is 0 Å². The van der Waals surface area contributed by atoms with Crippen molar-refractivity contribution >= 4 is 11.8 Å². The van der Waals surface area contributed by atoms with Crippen molar-refractivity contribution in [1.29, 1.82) is 0 Å². The van der Waals surface area contributed by atoms with E-state index in [1.165, 1.54) is 0 Å². The molecule has 4 atom stereocenters. The fourth-order valence-electron chi connectivity index (χ4n) is 4.52. The molecule has 0 bridgehead atoms. The van der Waals surface area contributed by atoms with Gasteiger partial charge in [0.15, 0.2) is 0 Å². The highest BCUT2D eigenvalue weighted by molar-refractivity contribution is 5.94. The first-order valence-corrected chi connectivity index (χ1v) is 10.1. The number of hydrogen-bond acceptors (Lipinski definition) is 5. The fourth-order valence-corrected chi connectivity index (χ4v) is 4.52. The van der Waals surface area contributed by atoms with Gasteiger partial charge in [-0.15, -0.1) is 0 Å². The van der Waals surface area contributed by atoms with Gasteiger partial charge in [0.2, 0.25) is 5.91 Å². The van der Waals surface area contributed by atoms with Crippen LogP contribution in [0.15, 0.2) is 30.3 Å². The lowest BCUT2D eigenvalue weighted by Crippen LogP contribution is -2.53. The number of nitrogens with zero attached hydrogens (tertiary/aromatic N) is 1. The van der Waals surface area contributed by atoms with Gasteiger partial charge in [-0.25, -0.2) is 5.43 Å². The van der Waals surface area contributed by atoms with E-state index in [1.807, 2.05) is 35.2 Å². The number of hydrogen-bond donors (Lipinski definition) is 4. The van der Waals surface area contributed by atoms with Crippen molar-refractivity contribution in [1.82, 2.24) is 26.4 Å². The standard InChI is InChI=1S/C20H29N5O2/c26-19(15-6-2-1-3-7-15)22-11-14-5-4-10-25(13-14)20(27)18-16-12-21-9-8-17(16)23-24-18/h1-3,6-7,14,16-18,21,23-24H,4-5,8-13H2,(H,22,26). The summed E-state index contributed by atoms with van der Waals surface area (Å²) in [5.74, 6) is 0.768. The van der Waals surface area contributed by atoms with Crippen molar-refractivity contribution in [3.8, 4) is 0 Å². The molecule has 1 aromatic rings. The Balaban J connectivity index is 1.30. The van der Waals surface area contributed by atoms with E-state index in [9.17, 15) is 9.59 Å². The predicted octanol–water partition coefficient (Wildman–Crippen LogP) is 0.110. The van der Waals surface area contributed by atoms with Crippen LogP contribution in [0, 0.1) is 11.8 Å². The molecule has 0 radical (unpaired) electrons. The fraction of sp³-hybridized carbons (Fsp3) is 0.600. The highest BCUT2D eigenvalue weighted by Crippen LogP contribution is 2.24. The van der Waals surface area contributed by atoms with Gasteiger partial charge in [-0.1, -0.05) is 18.2 Å². The molecule has 3 heterocycles. The summed E-state index contributed by atoms with van der Waals surface area (Å²) in [7, 11) is 0. The molecule has 0 spiro atoms. The van der Waals surface area contributed by atoms with Gasteiger partial charge in [-0.3, -0.25) is 15.0 Å². The van der Waals surface area contributed by atoms with E-state index >= 15 is 0 Å². The third-order valence-corrected chi connectivity index (χ3v) is 6.07. The highest BCUT2D eigenvalue weighted by atomic mass is 16.2. The molecule has 0 aliphatic carbocycles. The smallest absolute Gasteiger partial charge is 0.251 e. The molecule has 2 amide bonds. The number of amides is 2. The molecular weight excluding hydrogens is 342 g/mol. The quantitative estimate of drug-likeness (QED) is 0.604. The molecule has 3 aliphatic heterocycles. The van der Waals surface area contributed by atoms with Crippen LogP contribution in [0.1, 0.15) is 29.6 Å². The van der Waals surface area contributed by atoms with E-state index < -0.39 is 0 Å². The van der Waals surface area contributed by atoms with Crippen LogP contribution in [0.25, 0.3) is 0 Å². The van der Waals surface area contributed by atoms with E-state index in [0.717, 1.165) is 45.4 Å². The number of rotatable bonds is 4. The molecule has 3 saturated heterocycles. The second-order valence-electron chi connectivity index (χ2n) is 7.90. The maximum atomic E-state index is 13.1. The summed E-state index contributed by atoms with van der Waals surface area (Å²) >= 11 is 0. The Hall–Kier alpha value is -1.96. The maximum Gasteiger partial charge on any atom is 0.251 e. The first kappa shape index (κ1) is 18.4. The Bertz CT molecular complexity index is 668. The Morgan fingerprint density at radius 3 is 2.85 bits per heavy atom. The Kier molecular flexibility index (Phi) is 5.71. The molecule has 4 unspecified atom stereocenters. The third kappa shape index (κ3) is 4.15. The molecular formula is C20H29N5O2. The summed E-state index contributed by atoms with van der Waals surface area (Å²) in [6.07, 6.45) is 3.09. The lowest BCUT2D eigenvalue weighted by atomic mass is 9.88. The molecule has 4 N–H and O–H groups in total. The van der Waals surface area contributed by atoms with Crippen molar-refractivity contribution in [3.63, 3.8) is 0 Å². The average Bonchev–Trinajstić information content (AvgIpc) is 3.16. The highest BCUT2D eigenvalue weighted by Gasteiger charge is 2.43. The van der Waals surface area contributed by atoms with Gasteiger partial charge in [0.1, 0.15) is 6.04 Å². The van der Waals surface area contributed by atoms with Gasteiger partial charge in [-0.2, -0.15) is 0 Å². The molecule has 3 fully saturated rings. The van der Waals surface area contributed by atoms with Crippen LogP contribution in [-0.4, -0.2) is 61.5 Å². The van der Waals surface area contributed by atoms with Crippen LogP contribution < -0.4 is 21.5 Å². The number of carbonyl (C=O) groups is 2. The van der Waals surface area contributed by atoms with Gasteiger partial charge in [-0.05, 0) is 43.9 Å². The number of carbonyl (C=O) groups excluding carboxylic acids is 2. The Morgan fingerprint density at radius 2 is 2.00 bits per heavy atom. The number of nitrogens with one attached hydrogen (secondary N) is 4. The van der Waals surface area contributed by atoms with Crippen LogP contribution in [-0.2, 0) is 4.79 Å². The van der Waals surface area contributed by atoms with E-state index in [0.29, 0.717) is 30.0 Å². The van der Waals surface area contributed by atoms with Crippen LogP contribution in [0.4, 0.5) is 0 Å². The molecule has 7 nitrogen and oxygen atoms in total. The van der Waals surface area contributed by atoms with Crippen LogP contribution in [0.5, 0.6) is 0 Å². The zero-order chi connectivity index (χ0) is 18.6. The Morgan fingerprint density at radius 1 is 1.15 bits per heavy atom. The van der Waals surface area contributed by atoms with Crippen LogP contribution in [0.3, 0.4) is 0 Å². The van der Waals surface area contributed by atoms with E-state index in [-0.39, 0.29) is 17.9 Å². The van der Waals surface area contributed by atoms with Gasteiger partial charge in [0, 0.05) is 43.7 Å². The molecule has 146 valence electrons. The summed E-state index contributed by atoms with van der Waals surface area (Å²) in [6.45, 7) is 4.03. The number of fused-ring (bicyclic) bond motifs is 1. The summed E-state index contributed by atoms with van der Waals surface area (Å²) in [5, 5.41) is 6.43. The first-order chi connectivity index (χ1) is 13.2. The van der Waals surface area contributed by atoms with Gasteiger partial charge in [0.05, 0.1) is 0 Å². The molecule has 1 aromatic carbocycles. The monoisotopic (exact) mass is 371 g/mol. The number of likely N-dealkylation sites (tertiary alicyclic amines) is 1. The van der Waals surface area contributed by atoms with Gasteiger partial charge in [0.25, 0.3) is 5.91 Å². The first-order valence-electron chi connectivity index (χ1n) is 10.1. The molecule has 7 heteroatoms. The zero-order valence-electron chi connectivity index (χ0n) is 15.6. The predicted molar refractivity (Wildman–Crippen MR) is 103 cm³/mol. The van der Waals surface area contributed by atoms with Crippen molar-refractivity contribution in [3.05, 3.63) is 35.9 Å². The third-order valence-electron chi connectivity index (χ3n) is 6.07. The minimum atomic E-state index is -0.152. The Labute approximate surface area is 160 Å². The summed E-state index contributed by atoms with van der Waals surface area (Å²) < 4.78 is 0. The van der Waals surface area contributed by atoms with E-state index in [2.05, 4.69) is 21.5 Å². The molecule has 3 aliphatic rings. The van der Waals surface area contributed by atoms with Crippen molar-refractivity contribution in [2.24, 2.45) is 11.8 Å². The van der Waals surface area contributed by atoms with Crippen LogP contribution in [0.2, 0.25) is 0 Å². The molecule has 4 rings (SSSR count). The summed E-state index contributed by atoms with van der Waals surface area (Å²) in [5.41, 5.74) is 7.21. The summed E-state index contributed by atoms with van der Waals surface area (Å²) in [4.78, 5) is 27.3. The number of piperidine rings is 2. The van der Waals surface area contributed by atoms with Crippen molar-refractivity contribution < 1.29 is 9.59 Å². The molecule has 27 heavy (non-hydrogen) atoms. The maximum absolute atomic E-state index is 13.1. The second kappa shape index (κ2) is 8.37. The van der Waals surface area contributed by atoms with E-state index in [4.69, 9.17) is 0 Å². The largest absolute Gasteiger partial charge is 0.352 e. The van der Waals surface area contributed by atoms with E-state index in [1.54, 1.807) is 0 Å². The lowest BCUT2D eigenvalue weighted by Gasteiger charge is -2.36. The average molecular weight is 371 g/mol. The minimum absolute atomic E-state index is 0.0446. The van der Waals surface area contributed by atoms with Crippen molar-refractivity contribution in [2.45, 2.75) is 31.3 Å². The van der Waals surface area contributed by atoms with Gasteiger partial charge >= 0.3 is 0 Å². The minimum Gasteiger partial charge on any atom is -0.352 e. The lowest BCUT2D eigenvalue weighted by molar-refractivity contribution is -0.136.